The van der Waals surface area contributed by atoms with Crippen LogP contribution in [0, 0.1) is 12.7 Å². The van der Waals surface area contributed by atoms with Crippen molar-refractivity contribution in [2.45, 2.75) is 46.4 Å². The maximum absolute atomic E-state index is 13.4. The Morgan fingerprint density at radius 1 is 1.29 bits per heavy atom. The molecule has 1 aromatic heterocycles. The number of nitrogens with zero attached hydrogens (tertiary/aromatic N) is 1. The fourth-order valence-corrected chi connectivity index (χ4v) is 1.68. The number of aryl methyl sites for hydroxylation is 1. The van der Waals surface area contributed by atoms with Gasteiger partial charge in [0.2, 0.25) is 0 Å². The van der Waals surface area contributed by atoms with Crippen LogP contribution in [0.15, 0.2) is 28.8 Å². The van der Waals surface area contributed by atoms with Crippen LogP contribution in [0.5, 0.6) is 5.75 Å². The Balaban J connectivity index is 1.89. The summed E-state index contributed by atoms with van der Waals surface area (Å²) < 4.78 is 24.1. The van der Waals surface area contributed by atoms with Gasteiger partial charge in [0.25, 0.3) is 0 Å². The molecule has 0 unspecified atom stereocenters. The van der Waals surface area contributed by atoms with E-state index in [0.717, 1.165) is 5.69 Å². The minimum Gasteiger partial charge on any atom is -0.485 e. The van der Waals surface area contributed by atoms with E-state index in [2.05, 4.69) is 31.2 Å². The minimum absolute atomic E-state index is 0.0229. The molecule has 0 atom stereocenters. The molecule has 1 heterocycles. The Kier molecular flexibility index (Phi) is 4.63. The Morgan fingerprint density at radius 2 is 2.05 bits per heavy atom. The van der Waals surface area contributed by atoms with Crippen LogP contribution >= 0.6 is 0 Å². The molecule has 0 aliphatic carbocycles. The molecular formula is C16H21FN2O2. The first-order valence-corrected chi connectivity index (χ1v) is 6.92. The number of aromatic nitrogens is 1. The van der Waals surface area contributed by atoms with E-state index in [4.69, 9.17) is 9.26 Å². The number of hydrogen-bond donors (Lipinski definition) is 1. The maximum Gasteiger partial charge on any atom is 0.174 e. The highest BCUT2D eigenvalue weighted by molar-refractivity contribution is 5.28. The first-order valence-electron chi connectivity index (χ1n) is 6.92. The molecule has 0 radical (unpaired) electrons. The molecule has 5 heteroatoms. The smallest absolute Gasteiger partial charge is 0.174 e. The van der Waals surface area contributed by atoms with E-state index in [9.17, 15) is 4.39 Å². The van der Waals surface area contributed by atoms with E-state index in [-0.39, 0.29) is 18.0 Å². The van der Waals surface area contributed by atoms with Crippen LogP contribution in [0.1, 0.15) is 37.8 Å². The standard InChI is InChI=1S/C16H21FN2O2/c1-11-5-6-13(8-15(11)17)20-10-14-7-12(19-21-14)9-18-16(2,3)4/h5-8,18H,9-10H2,1-4H3. The predicted molar refractivity (Wildman–Crippen MR) is 78.6 cm³/mol. The van der Waals surface area contributed by atoms with Gasteiger partial charge in [-0.3, -0.25) is 0 Å². The Labute approximate surface area is 124 Å². The van der Waals surface area contributed by atoms with Crippen molar-refractivity contribution in [1.29, 1.82) is 0 Å². The zero-order valence-corrected chi connectivity index (χ0v) is 12.9. The van der Waals surface area contributed by atoms with Crippen LogP contribution in [0.4, 0.5) is 4.39 Å². The van der Waals surface area contributed by atoms with E-state index >= 15 is 0 Å². The van der Waals surface area contributed by atoms with Crippen molar-refractivity contribution in [2.24, 2.45) is 0 Å². The van der Waals surface area contributed by atoms with E-state index in [0.29, 0.717) is 23.6 Å². The zero-order chi connectivity index (χ0) is 15.5. The largest absolute Gasteiger partial charge is 0.485 e. The molecule has 0 saturated heterocycles. The molecule has 1 aromatic carbocycles. The molecule has 114 valence electrons. The first-order chi connectivity index (χ1) is 9.83. The van der Waals surface area contributed by atoms with Crippen molar-refractivity contribution < 1.29 is 13.7 Å². The quantitative estimate of drug-likeness (QED) is 0.915. The molecule has 1 N–H and O–H groups in total. The fraction of sp³-hybridized carbons (Fsp3) is 0.438. The van der Waals surface area contributed by atoms with Gasteiger partial charge in [-0.05, 0) is 39.3 Å². The highest BCUT2D eigenvalue weighted by atomic mass is 19.1. The summed E-state index contributed by atoms with van der Waals surface area (Å²) in [6.07, 6.45) is 0. The van der Waals surface area contributed by atoms with Crippen molar-refractivity contribution in [2.75, 3.05) is 0 Å². The molecule has 0 spiro atoms. The highest BCUT2D eigenvalue weighted by Gasteiger charge is 2.11. The molecule has 0 amide bonds. The zero-order valence-electron chi connectivity index (χ0n) is 12.9. The molecule has 2 aromatic rings. The van der Waals surface area contributed by atoms with Crippen LogP contribution in [-0.4, -0.2) is 10.7 Å². The van der Waals surface area contributed by atoms with Crippen molar-refractivity contribution in [1.82, 2.24) is 10.5 Å². The topological polar surface area (TPSA) is 47.3 Å². The molecule has 0 aliphatic heterocycles. The lowest BCUT2D eigenvalue weighted by molar-refractivity contribution is 0.247. The number of hydrogen-bond acceptors (Lipinski definition) is 4. The van der Waals surface area contributed by atoms with Gasteiger partial charge in [-0.2, -0.15) is 0 Å². The van der Waals surface area contributed by atoms with Gasteiger partial charge in [0.05, 0.1) is 5.69 Å². The molecule has 0 bridgehead atoms. The summed E-state index contributed by atoms with van der Waals surface area (Å²) >= 11 is 0. The normalized spacial score (nSPS) is 11.7. The van der Waals surface area contributed by atoms with Gasteiger partial charge in [-0.25, -0.2) is 4.39 Å². The second kappa shape index (κ2) is 6.26. The molecule has 0 saturated carbocycles. The van der Waals surface area contributed by atoms with Crippen LogP contribution in [0.3, 0.4) is 0 Å². The Hall–Kier alpha value is -1.88. The third kappa shape index (κ3) is 4.86. The van der Waals surface area contributed by atoms with E-state index in [1.54, 1.807) is 19.1 Å². The molecule has 4 nitrogen and oxygen atoms in total. The molecular weight excluding hydrogens is 271 g/mol. The molecule has 0 fully saturated rings. The second-order valence-electron chi connectivity index (χ2n) is 6.09. The van der Waals surface area contributed by atoms with Crippen molar-refractivity contribution >= 4 is 0 Å². The van der Waals surface area contributed by atoms with Crippen LogP contribution in [0.25, 0.3) is 0 Å². The maximum atomic E-state index is 13.4. The van der Waals surface area contributed by atoms with Gasteiger partial charge in [-0.1, -0.05) is 11.2 Å². The second-order valence-corrected chi connectivity index (χ2v) is 6.09. The summed E-state index contributed by atoms with van der Waals surface area (Å²) in [6, 6.07) is 6.62. The monoisotopic (exact) mass is 292 g/mol. The fourth-order valence-electron chi connectivity index (χ4n) is 1.68. The number of ether oxygens (including phenoxy) is 1. The van der Waals surface area contributed by atoms with Gasteiger partial charge in [0, 0.05) is 24.2 Å². The lowest BCUT2D eigenvalue weighted by Gasteiger charge is -2.19. The lowest BCUT2D eigenvalue weighted by Crippen LogP contribution is -2.35. The van der Waals surface area contributed by atoms with E-state index in [1.165, 1.54) is 6.07 Å². The van der Waals surface area contributed by atoms with Gasteiger partial charge in [0.1, 0.15) is 18.2 Å². The van der Waals surface area contributed by atoms with Crippen LogP contribution in [0.2, 0.25) is 0 Å². The molecule has 21 heavy (non-hydrogen) atoms. The van der Waals surface area contributed by atoms with Gasteiger partial charge >= 0.3 is 0 Å². The number of rotatable bonds is 5. The Morgan fingerprint density at radius 3 is 2.71 bits per heavy atom. The van der Waals surface area contributed by atoms with Gasteiger partial charge < -0.3 is 14.6 Å². The van der Waals surface area contributed by atoms with Gasteiger partial charge in [-0.15, -0.1) is 0 Å². The summed E-state index contributed by atoms with van der Waals surface area (Å²) in [6.45, 7) is 8.83. The van der Waals surface area contributed by atoms with Crippen molar-refractivity contribution in [3.05, 3.63) is 47.1 Å². The lowest BCUT2D eigenvalue weighted by atomic mass is 10.1. The minimum atomic E-state index is -0.278. The first kappa shape index (κ1) is 15.5. The third-order valence-electron chi connectivity index (χ3n) is 2.93. The van der Waals surface area contributed by atoms with Crippen molar-refractivity contribution in [3.63, 3.8) is 0 Å². The summed E-state index contributed by atoms with van der Waals surface area (Å²) in [5, 5.41) is 7.30. The summed E-state index contributed by atoms with van der Waals surface area (Å²) in [5.41, 5.74) is 1.44. The molecule has 0 aliphatic rings. The summed E-state index contributed by atoms with van der Waals surface area (Å²) in [5.74, 6) is 0.811. The average Bonchev–Trinajstić information content (AvgIpc) is 2.85. The van der Waals surface area contributed by atoms with Gasteiger partial charge in [0.15, 0.2) is 5.76 Å². The van der Waals surface area contributed by atoms with E-state index < -0.39 is 0 Å². The predicted octanol–water partition coefficient (Wildman–Crippen LogP) is 3.59. The highest BCUT2D eigenvalue weighted by Crippen LogP contribution is 2.17. The summed E-state index contributed by atoms with van der Waals surface area (Å²) in [4.78, 5) is 0. The average molecular weight is 292 g/mol. The number of nitrogens with one attached hydrogen (secondary N) is 1. The Bertz CT molecular complexity index is 603. The van der Waals surface area contributed by atoms with Crippen LogP contribution in [-0.2, 0) is 13.2 Å². The van der Waals surface area contributed by atoms with Crippen molar-refractivity contribution in [3.8, 4) is 5.75 Å². The molecule has 2 rings (SSSR count). The summed E-state index contributed by atoms with van der Waals surface area (Å²) in [7, 11) is 0. The van der Waals surface area contributed by atoms with Crippen LogP contribution < -0.4 is 10.1 Å². The number of halogens is 1. The van der Waals surface area contributed by atoms with E-state index in [1.807, 2.05) is 6.07 Å². The SMILES string of the molecule is Cc1ccc(OCc2cc(CNC(C)(C)C)no2)cc1F. The number of benzene rings is 1. The third-order valence-corrected chi connectivity index (χ3v) is 2.93.